The molecule has 0 saturated heterocycles. The van der Waals surface area contributed by atoms with E-state index in [9.17, 15) is 9.36 Å². The smallest absolute Gasteiger partial charge is 0.336 e. The monoisotopic (exact) mass is 218 g/mol. The van der Waals surface area contributed by atoms with Crippen molar-refractivity contribution in [3.63, 3.8) is 0 Å². The molecule has 0 aromatic carbocycles. The lowest BCUT2D eigenvalue weighted by atomic mass is 10.1. The maximum absolute atomic E-state index is 11.0. The Labute approximate surface area is 84.3 Å². The summed E-state index contributed by atoms with van der Waals surface area (Å²) < 4.78 is 19.9. The molecule has 1 N–H and O–H groups in total. The first kappa shape index (κ1) is 15.9. The summed E-state index contributed by atoms with van der Waals surface area (Å²) in [6, 6.07) is 0. The first-order valence-corrected chi connectivity index (χ1v) is 4.97. The molecule has 0 aromatic heterocycles. The van der Waals surface area contributed by atoms with Crippen LogP contribution in [0.25, 0.3) is 0 Å². The van der Waals surface area contributed by atoms with E-state index >= 15 is 0 Å². The summed E-state index contributed by atoms with van der Waals surface area (Å²) in [5.41, 5.74) is -0.702. The van der Waals surface area contributed by atoms with Crippen molar-refractivity contribution in [2.45, 2.75) is 0 Å². The van der Waals surface area contributed by atoms with Crippen LogP contribution < -0.4 is 0 Å². The van der Waals surface area contributed by atoms with Gasteiger partial charge in [0.05, 0.1) is 11.8 Å². The van der Waals surface area contributed by atoms with Crippen LogP contribution in [0.1, 0.15) is 0 Å². The summed E-state index contributed by atoms with van der Waals surface area (Å²) in [4.78, 5) is 19.0. The summed E-state index contributed by atoms with van der Waals surface area (Å²) in [5, 5.41) is 7.19. The third-order valence-electron chi connectivity index (χ3n) is 0.906. The minimum absolute atomic E-state index is 0.375. The molecule has 0 aromatic rings. The Hall–Kier alpha value is -0.580. The molecule has 9 heteroatoms. The topological polar surface area (TPSA) is 89.9 Å². The number of carboxylic acid groups (broad SMARTS) is 1. The van der Waals surface area contributed by atoms with Gasteiger partial charge in [0, 0.05) is 14.2 Å². The number of carbonyl (C=O) groups excluding carboxylic acids is 1. The summed E-state index contributed by atoms with van der Waals surface area (Å²) in [6.07, 6.45) is -0.375. The lowest BCUT2D eigenvalue weighted by Crippen LogP contribution is -2.06. The molecule has 0 rings (SSSR count). The van der Waals surface area contributed by atoms with Crippen LogP contribution in [0.4, 0.5) is 4.79 Å². The fourth-order valence-electron chi connectivity index (χ4n) is 0.394. The van der Waals surface area contributed by atoms with Crippen LogP contribution in [-0.4, -0.2) is 52.7 Å². The van der Waals surface area contributed by atoms with Gasteiger partial charge in [0.1, 0.15) is 0 Å². The van der Waals surface area contributed by atoms with Crippen molar-refractivity contribution in [1.29, 1.82) is 0 Å². The first-order valence-electron chi connectivity index (χ1n) is 3.24. The molecular formula is C5H9B2O6P. The summed E-state index contributed by atoms with van der Waals surface area (Å²) >= 11 is 0. The number of rotatable bonds is 4. The normalized spacial score (nSPS) is 9.86. The fraction of sp³-hybridized carbons (Fsp3) is 0.600. The molecule has 0 amide bonds. The highest BCUT2D eigenvalue weighted by Gasteiger charge is 2.22. The Morgan fingerprint density at radius 2 is 1.57 bits per heavy atom. The molecule has 0 fully saturated rings. The molecule has 0 saturated carbocycles. The quantitative estimate of drug-likeness (QED) is 0.527. The van der Waals surface area contributed by atoms with Gasteiger partial charge in [-0.3, -0.25) is 9.36 Å². The zero-order valence-electron chi connectivity index (χ0n) is 7.80. The zero-order valence-corrected chi connectivity index (χ0v) is 8.69. The van der Waals surface area contributed by atoms with E-state index in [-0.39, 0.29) is 6.16 Å². The molecule has 4 radical (unpaired) electrons. The second-order valence-electron chi connectivity index (χ2n) is 1.94. The molecule has 6 nitrogen and oxygen atoms in total. The lowest BCUT2D eigenvalue weighted by molar-refractivity contribution is -0.109. The second kappa shape index (κ2) is 7.79. The summed E-state index contributed by atoms with van der Waals surface area (Å²) in [5.74, 6) is -1.33. The Morgan fingerprint density at radius 3 is 1.64 bits per heavy atom. The van der Waals surface area contributed by atoms with Crippen LogP contribution >= 0.6 is 7.60 Å². The Balaban J connectivity index is 0. The van der Waals surface area contributed by atoms with Gasteiger partial charge in [-0.2, -0.15) is 0 Å². The Bertz CT molecular complexity index is 230. The van der Waals surface area contributed by atoms with Crippen LogP contribution in [0, 0.1) is 0 Å². The summed E-state index contributed by atoms with van der Waals surface area (Å²) in [6.45, 7) is 0. The van der Waals surface area contributed by atoms with Gasteiger partial charge < -0.3 is 18.9 Å². The van der Waals surface area contributed by atoms with Gasteiger partial charge in [-0.1, -0.05) is 0 Å². The van der Waals surface area contributed by atoms with Crippen LogP contribution in [0.3, 0.4) is 0 Å². The van der Waals surface area contributed by atoms with Crippen molar-refractivity contribution in [1.82, 2.24) is 0 Å². The average Bonchev–Trinajstić information content (AvgIpc) is 2.02. The third-order valence-corrected chi connectivity index (χ3v) is 2.72. The van der Waals surface area contributed by atoms with Crippen LogP contribution in [-0.2, 0) is 18.4 Å². The Morgan fingerprint density at radius 1 is 1.29 bits per heavy atom. The molecule has 0 bridgehead atoms. The van der Waals surface area contributed by atoms with Crippen LogP contribution in [0.5, 0.6) is 0 Å². The Kier molecular flexibility index (Phi) is 8.83. The second-order valence-corrected chi connectivity index (χ2v) is 4.21. The molecule has 0 aliphatic heterocycles. The highest BCUT2D eigenvalue weighted by molar-refractivity contribution is 7.55. The highest BCUT2D eigenvalue weighted by Crippen LogP contribution is 2.45. The van der Waals surface area contributed by atoms with E-state index in [1.807, 2.05) is 0 Å². The molecule has 0 spiro atoms. The van der Waals surface area contributed by atoms with Gasteiger partial charge in [0.2, 0.25) is 13.7 Å². The van der Waals surface area contributed by atoms with Crippen LogP contribution in [0.2, 0.25) is 0 Å². The van der Waals surface area contributed by atoms with Gasteiger partial charge in [-0.25, -0.2) is 0 Å². The number of hydrogen-bond donors (Lipinski definition) is 1. The van der Waals surface area contributed by atoms with E-state index in [0.717, 1.165) is 0 Å². The highest BCUT2D eigenvalue weighted by atomic mass is 31.2. The standard InChI is InChI=1S/C4H8BO4P.CHBO2/c1-8-10(7,9-2)3-4(5)6;2-1(3)4/h3H2,1-2H3;(H,3,4). The predicted molar refractivity (Wildman–Crippen MR) is 51.0 cm³/mol. The van der Waals surface area contributed by atoms with E-state index in [1.54, 1.807) is 0 Å². The molecule has 0 unspecified atom stereocenters. The molecule has 0 aliphatic carbocycles. The van der Waals surface area contributed by atoms with Crippen molar-refractivity contribution >= 4 is 34.8 Å². The van der Waals surface area contributed by atoms with Gasteiger partial charge >= 0.3 is 7.60 Å². The molecule has 0 atom stereocenters. The van der Waals surface area contributed by atoms with Crippen molar-refractivity contribution in [3.8, 4) is 0 Å². The van der Waals surface area contributed by atoms with Crippen molar-refractivity contribution in [2.24, 2.45) is 0 Å². The molecular weight excluding hydrogens is 209 g/mol. The van der Waals surface area contributed by atoms with Gasteiger partial charge in [0.25, 0.3) is 0 Å². The van der Waals surface area contributed by atoms with Gasteiger partial charge in [0.15, 0.2) is 7.85 Å². The minimum atomic E-state index is -3.21. The largest absolute Gasteiger partial charge is 0.490 e. The third kappa shape index (κ3) is 11.4. The van der Waals surface area contributed by atoms with Gasteiger partial charge in [-0.15, -0.1) is 0 Å². The minimum Gasteiger partial charge on any atom is -0.490 e. The maximum Gasteiger partial charge on any atom is 0.336 e. The van der Waals surface area contributed by atoms with E-state index in [4.69, 9.17) is 17.7 Å². The van der Waals surface area contributed by atoms with E-state index < -0.39 is 19.1 Å². The van der Waals surface area contributed by atoms with Crippen molar-refractivity contribution < 1.29 is 28.3 Å². The SMILES string of the molecule is [B]C(=O)CP(=O)(OC)OC.[B]C(=O)O. The van der Waals surface area contributed by atoms with Crippen molar-refractivity contribution in [2.75, 3.05) is 20.4 Å². The van der Waals surface area contributed by atoms with Crippen LogP contribution in [0.15, 0.2) is 0 Å². The molecule has 0 heterocycles. The van der Waals surface area contributed by atoms with Gasteiger partial charge in [-0.05, 0) is 0 Å². The maximum atomic E-state index is 11.0. The van der Waals surface area contributed by atoms with E-state index in [2.05, 4.69) is 16.9 Å². The zero-order chi connectivity index (χ0) is 11.8. The summed E-state index contributed by atoms with van der Waals surface area (Å²) in [7, 11) is 7.98. The fourth-order valence-corrected chi connectivity index (χ4v) is 1.18. The molecule has 76 valence electrons. The number of carbonyl (C=O) groups is 2. The van der Waals surface area contributed by atoms with E-state index in [1.165, 1.54) is 14.2 Å². The van der Waals surface area contributed by atoms with Crippen molar-refractivity contribution in [3.05, 3.63) is 0 Å². The molecule has 0 aliphatic rings. The van der Waals surface area contributed by atoms with E-state index in [0.29, 0.717) is 0 Å². The number of hydrogen-bond acceptors (Lipinski definition) is 5. The lowest BCUT2D eigenvalue weighted by Gasteiger charge is -2.10. The molecule has 14 heavy (non-hydrogen) atoms. The predicted octanol–water partition coefficient (Wildman–Crippen LogP) is 0.000300. The average molecular weight is 218 g/mol. The first-order chi connectivity index (χ1) is 6.27.